The molecule has 1 aromatic rings. The highest BCUT2D eigenvalue weighted by molar-refractivity contribution is 7.93. The molecule has 0 saturated heterocycles. The molecular weight excluding hydrogens is 274 g/mol. The molecule has 0 spiro atoms. The standard InChI is InChI=1S/C12H16ClNO3S/c1-12(2,17-3)11(15)14-18(4,16)10-8-6-5-7-9(10)13/h5-8H,1-4H3. The molecule has 0 bridgehead atoms. The normalized spacial score (nSPS) is 14.9. The van der Waals surface area contributed by atoms with E-state index in [4.69, 9.17) is 16.3 Å². The number of nitrogens with zero attached hydrogens (tertiary/aromatic N) is 1. The summed E-state index contributed by atoms with van der Waals surface area (Å²) in [4.78, 5) is 12.2. The van der Waals surface area contributed by atoms with Gasteiger partial charge in [0.05, 0.1) is 19.6 Å². The Kier molecular flexibility index (Phi) is 4.53. The summed E-state index contributed by atoms with van der Waals surface area (Å²) < 4.78 is 21.2. The summed E-state index contributed by atoms with van der Waals surface area (Å²) in [6.07, 6.45) is 1.39. The molecule has 1 rings (SSSR count). The first-order chi connectivity index (χ1) is 8.20. The molecule has 100 valence electrons. The third kappa shape index (κ3) is 3.31. The molecule has 0 radical (unpaired) electrons. The Morgan fingerprint density at radius 2 is 1.94 bits per heavy atom. The van der Waals surface area contributed by atoms with Crippen molar-refractivity contribution in [3.63, 3.8) is 0 Å². The summed E-state index contributed by atoms with van der Waals surface area (Å²) in [6, 6.07) is 6.64. The van der Waals surface area contributed by atoms with E-state index in [0.29, 0.717) is 9.92 Å². The van der Waals surface area contributed by atoms with E-state index in [2.05, 4.69) is 4.36 Å². The van der Waals surface area contributed by atoms with Gasteiger partial charge in [-0.2, -0.15) is 4.36 Å². The molecule has 1 aromatic carbocycles. The number of carbonyl (C=O) groups is 1. The molecule has 4 nitrogen and oxygen atoms in total. The molecule has 18 heavy (non-hydrogen) atoms. The molecule has 0 saturated carbocycles. The van der Waals surface area contributed by atoms with Crippen molar-refractivity contribution < 1.29 is 13.7 Å². The second-order valence-corrected chi connectivity index (χ2v) is 6.98. The second kappa shape index (κ2) is 5.38. The van der Waals surface area contributed by atoms with Crippen LogP contribution in [0.15, 0.2) is 33.5 Å². The first-order valence-electron chi connectivity index (χ1n) is 5.27. The predicted octanol–water partition coefficient (Wildman–Crippen LogP) is 2.75. The van der Waals surface area contributed by atoms with E-state index >= 15 is 0 Å². The SMILES string of the molecule is COC(C)(C)C(=O)N=S(C)(=O)c1ccccc1Cl. The van der Waals surface area contributed by atoms with Crippen LogP contribution in [0, 0.1) is 0 Å². The number of hydrogen-bond acceptors (Lipinski definition) is 3. The fraction of sp³-hybridized carbons (Fsp3) is 0.417. The number of rotatable bonds is 3. The Labute approximate surface area is 112 Å². The molecule has 0 fully saturated rings. The van der Waals surface area contributed by atoms with Gasteiger partial charge in [0.25, 0.3) is 5.91 Å². The van der Waals surface area contributed by atoms with E-state index in [-0.39, 0.29) is 0 Å². The Morgan fingerprint density at radius 1 is 1.39 bits per heavy atom. The third-order valence-electron chi connectivity index (χ3n) is 2.53. The molecule has 0 aliphatic heterocycles. The van der Waals surface area contributed by atoms with Crippen LogP contribution >= 0.6 is 11.6 Å². The molecule has 0 aliphatic carbocycles. The molecule has 0 aliphatic rings. The quantitative estimate of drug-likeness (QED) is 0.860. The monoisotopic (exact) mass is 289 g/mol. The largest absolute Gasteiger partial charge is 0.369 e. The van der Waals surface area contributed by atoms with Crippen LogP contribution < -0.4 is 0 Å². The van der Waals surface area contributed by atoms with E-state index in [1.54, 1.807) is 38.1 Å². The molecule has 1 unspecified atom stereocenters. The van der Waals surface area contributed by atoms with Crippen LogP contribution in [-0.2, 0) is 19.3 Å². The highest BCUT2D eigenvalue weighted by Crippen LogP contribution is 2.23. The van der Waals surface area contributed by atoms with Crippen molar-refractivity contribution >= 4 is 27.2 Å². The van der Waals surface area contributed by atoms with E-state index in [1.807, 2.05) is 0 Å². The minimum atomic E-state index is -2.87. The van der Waals surface area contributed by atoms with Crippen molar-refractivity contribution in [2.24, 2.45) is 4.36 Å². The molecule has 1 amide bonds. The van der Waals surface area contributed by atoms with Crippen molar-refractivity contribution in [2.45, 2.75) is 24.3 Å². The lowest BCUT2D eigenvalue weighted by Crippen LogP contribution is -2.33. The number of benzene rings is 1. The second-order valence-electron chi connectivity index (χ2n) is 4.34. The lowest BCUT2D eigenvalue weighted by molar-refractivity contribution is -0.135. The van der Waals surface area contributed by atoms with Gasteiger partial charge in [0.1, 0.15) is 5.60 Å². The maximum absolute atomic E-state index is 12.5. The third-order valence-corrected chi connectivity index (χ3v) is 4.66. The summed E-state index contributed by atoms with van der Waals surface area (Å²) in [5.74, 6) is -0.572. The summed E-state index contributed by atoms with van der Waals surface area (Å²) >= 11 is 5.96. The maximum atomic E-state index is 12.5. The van der Waals surface area contributed by atoms with Crippen molar-refractivity contribution in [1.82, 2.24) is 0 Å². The van der Waals surface area contributed by atoms with Crippen LogP contribution in [0.25, 0.3) is 0 Å². The maximum Gasteiger partial charge on any atom is 0.285 e. The number of halogens is 1. The van der Waals surface area contributed by atoms with E-state index < -0.39 is 21.2 Å². The van der Waals surface area contributed by atoms with Gasteiger partial charge in [-0.1, -0.05) is 23.7 Å². The fourth-order valence-electron chi connectivity index (χ4n) is 1.16. The lowest BCUT2D eigenvalue weighted by Gasteiger charge is -2.18. The number of methoxy groups -OCH3 is 1. The number of carbonyl (C=O) groups excluding carboxylic acids is 1. The first kappa shape index (κ1) is 15.1. The molecule has 0 aromatic heterocycles. The smallest absolute Gasteiger partial charge is 0.285 e. The fourth-order valence-corrected chi connectivity index (χ4v) is 3.12. The highest BCUT2D eigenvalue weighted by atomic mass is 35.5. The Hall–Kier alpha value is -0.910. The summed E-state index contributed by atoms with van der Waals surface area (Å²) in [6.45, 7) is 3.14. The van der Waals surface area contributed by atoms with Gasteiger partial charge in [0, 0.05) is 13.4 Å². The Bertz CT molecular complexity index is 574. The van der Waals surface area contributed by atoms with Crippen LogP contribution in [0.2, 0.25) is 5.02 Å². The summed E-state index contributed by atoms with van der Waals surface area (Å²) in [5.41, 5.74) is -1.10. The average Bonchev–Trinajstić information content (AvgIpc) is 2.28. The zero-order chi connectivity index (χ0) is 14.0. The molecular formula is C12H16ClNO3S. The van der Waals surface area contributed by atoms with Crippen LogP contribution in [0.1, 0.15) is 13.8 Å². The summed E-state index contributed by atoms with van der Waals surface area (Å²) in [5, 5.41) is 0.330. The lowest BCUT2D eigenvalue weighted by atomic mass is 10.1. The van der Waals surface area contributed by atoms with Gasteiger partial charge in [-0.05, 0) is 26.0 Å². The minimum absolute atomic E-state index is 0.330. The van der Waals surface area contributed by atoms with Crippen molar-refractivity contribution in [3.05, 3.63) is 29.3 Å². The molecule has 6 heteroatoms. The molecule has 0 heterocycles. The van der Waals surface area contributed by atoms with Gasteiger partial charge in [0.2, 0.25) is 0 Å². The van der Waals surface area contributed by atoms with Crippen molar-refractivity contribution in [3.8, 4) is 0 Å². The van der Waals surface area contributed by atoms with Crippen LogP contribution in [0.5, 0.6) is 0 Å². The summed E-state index contributed by atoms with van der Waals surface area (Å²) in [7, 11) is -1.47. The predicted molar refractivity (Wildman–Crippen MR) is 72.3 cm³/mol. The van der Waals surface area contributed by atoms with Crippen LogP contribution in [-0.4, -0.2) is 29.1 Å². The average molecular weight is 290 g/mol. The molecule has 0 N–H and O–H groups in total. The van der Waals surface area contributed by atoms with E-state index in [1.165, 1.54) is 13.4 Å². The Morgan fingerprint density at radius 3 is 2.44 bits per heavy atom. The highest BCUT2D eigenvalue weighted by Gasteiger charge is 2.28. The van der Waals surface area contributed by atoms with Gasteiger partial charge < -0.3 is 4.74 Å². The molecule has 1 atom stereocenters. The van der Waals surface area contributed by atoms with E-state index in [9.17, 15) is 9.00 Å². The van der Waals surface area contributed by atoms with Crippen LogP contribution in [0.4, 0.5) is 0 Å². The van der Waals surface area contributed by atoms with Gasteiger partial charge in [-0.15, -0.1) is 0 Å². The topological polar surface area (TPSA) is 55.7 Å². The van der Waals surface area contributed by atoms with E-state index in [0.717, 1.165) is 0 Å². The zero-order valence-electron chi connectivity index (χ0n) is 10.8. The van der Waals surface area contributed by atoms with Gasteiger partial charge >= 0.3 is 0 Å². The zero-order valence-corrected chi connectivity index (χ0v) is 12.3. The number of ether oxygens (including phenoxy) is 1. The van der Waals surface area contributed by atoms with Crippen LogP contribution in [0.3, 0.4) is 0 Å². The Balaban J connectivity index is 3.28. The van der Waals surface area contributed by atoms with Crippen molar-refractivity contribution in [1.29, 1.82) is 0 Å². The van der Waals surface area contributed by atoms with Gasteiger partial charge in [0.15, 0.2) is 0 Å². The van der Waals surface area contributed by atoms with Gasteiger partial charge in [-0.3, -0.25) is 4.79 Å². The minimum Gasteiger partial charge on any atom is -0.369 e. The first-order valence-corrected chi connectivity index (χ1v) is 7.57. The number of amides is 1. The van der Waals surface area contributed by atoms with Gasteiger partial charge in [-0.25, -0.2) is 4.21 Å². The van der Waals surface area contributed by atoms with Crippen molar-refractivity contribution in [2.75, 3.05) is 13.4 Å². The number of hydrogen-bond donors (Lipinski definition) is 0.